The number of hydrogen-bond acceptors (Lipinski definition) is 6. The van der Waals surface area contributed by atoms with Crippen molar-refractivity contribution in [2.45, 2.75) is 11.3 Å². The van der Waals surface area contributed by atoms with Crippen LogP contribution in [0.5, 0.6) is 0 Å². The molecule has 3 rings (SSSR count). The molecule has 0 radical (unpaired) electrons. The van der Waals surface area contributed by atoms with Crippen molar-refractivity contribution in [3.05, 3.63) is 59.9 Å². The number of aromatic nitrogens is 2. The van der Waals surface area contributed by atoms with Crippen LogP contribution in [0.1, 0.15) is 5.56 Å². The Balaban J connectivity index is 1.65. The largest absolute Gasteiger partial charge is 0.403 e. The highest BCUT2D eigenvalue weighted by atomic mass is 32.2. The first-order chi connectivity index (χ1) is 12.3. The quantitative estimate of drug-likeness (QED) is 0.735. The van der Waals surface area contributed by atoms with Crippen LogP contribution in [0.3, 0.4) is 0 Å². The van der Waals surface area contributed by atoms with Gasteiger partial charge in [-0.05, 0) is 35.9 Å². The van der Waals surface area contributed by atoms with E-state index in [0.29, 0.717) is 11.1 Å². The molecule has 1 heterocycles. The SMILES string of the molecule is CS(=O)(=O)c1ccc(CC(=O)Nc2nnc(-c3cccc(F)c3)o2)cc1. The van der Waals surface area contributed by atoms with Gasteiger partial charge in [-0.3, -0.25) is 10.1 Å². The molecule has 0 spiro atoms. The van der Waals surface area contributed by atoms with Gasteiger partial charge in [0.1, 0.15) is 5.82 Å². The van der Waals surface area contributed by atoms with Crippen LogP contribution in [0.4, 0.5) is 10.4 Å². The van der Waals surface area contributed by atoms with Gasteiger partial charge in [0.15, 0.2) is 9.84 Å². The number of hydrogen-bond donors (Lipinski definition) is 1. The van der Waals surface area contributed by atoms with Crippen LogP contribution >= 0.6 is 0 Å². The second-order valence-electron chi connectivity index (χ2n) is 5.56. The molecule has 0 saturated carbocycles. The lowest BCUT2D eigenvalue weighted by atomic mass is 10.1. The minimum Gasteiger partial charge on any atom is -0.403 e. The molecule has 1 N–H and O–H groups in total. The van der Waals surface area contributed by atoms with Gasteiger partial charge in [0.05, 0.1) is 11.3 Å². The van der Waals surface area contributed by atoms with E-state index < -0.39 is 21.6 Å². The number of halogens is 1. The zero-order valence-corrected chi connectivity index (χ0v) is 14.5. The molecule has 134 valence electrons. The van der Waals surface area contributed by atoms with Gasteiger partial charge < -0.3 is 4.42 Å². The van der Waals surface area contributed by atoms with Crippen molar-refractivity contribution < 1.29 is 22.0 Å². The molecule has 0 aliphatic carbocycles. The number of rotatable bonds is 5. The molecular formula is C17H14FN3O4S. The average Bonchev–Trinajstić information content (AvgIpc) is 3.03. The molecule has 0 fully saturated rings. The zero-order valence-electron chi connectivity index (χ0n) is 13.6. The molecule has 0 unspecified atom stereocenters. The Hall–Kier alpha value is -3.07. The van der Waals surface area contributed by atoms with Crippen molar-refractivity contribution in [1.82, 2.24) is 10.2 Å². The summed E-state index contributed by atoms with van der Waals surface area (Å²) in [6.45, 7) is 0. The lowest BCUT2D eigenvalue weighted by Gasteiger charge is -2.03. The van der Waals surface area contributed by atoms with Crippen LogP contribution in [-0.4, -0.2) is 30.8 Å². The van der Waals surface area contributed by atoms with E-state index in [2.05, 4.69) is 15.5 Å². The summed E-state index contributed by atoms with van der Waals surface area (Å²) in [5.41, 5.74) is 1.02. The molecular weight excluding hydrogens is 361 g/mol. The molecule has 26 heavy (non-hydrogen) atoms. The van der Waals surface area contributed by atoms with Crippen molar-refractivity contribution in [3.63, 3.8) is 0 Å². The van der Waals surface area contributed by atoms with Crippen molar-refractivity contribution in [2.75, 3.05) is 11.6 Å². The van der Waals surface area contributed by atoms with Crippen molar-refractivity contribution in [1.29, 1.82) is 0 Å². The summed E-state index contributed by atoms with van der Waals surface area (Å²) in [5, 5.41) is 9.91. The monoisotopic (exact) mass is 375 g/mol. The first-order valence-corrected chi connectivity index (χ1v) is 9.39. The number of carbonyl (C=O) groups is 1. The van der Waals surface area contributed by atoms with Crippen LogP contribution in [0.25, 0.3) is 11.5 Å². The highest BCUT2D eigenvalue weighted by molar-refractivity contribution is 7.90. The third kappa shape index (κ3) is 4.31. The summed E-state index contributed by atoms with van der Waals surface area (Å²) >= 11 is 0. The molecule has 0 saturated heterocycles. The van der Waals surface area contributed by atoms with Gasteiger partial charge in [-0.2, -0.15) is 0 Å². The first kappa shape index (κ1) is 17.7. The van der Waals surface area contributed by atoms with E-state index in [1.54, 1.807) is 18.2 Å². The van der Waals surface area contributed by atoms with Crippen molar-refractivity contribution in [2.24, 2.45) is 0 Å². The second-order valence-corrected chi connectivity index (χ2v) is 7.58. The lowest BCUT2D eigenvalue weighted by molar-refractivity contribution is -0.115. The lowest BCUT2D eigenvalue weighted by Crippen LogP contribution is -2.14. The van der Waals surface area contributed by atoms with E-state index in [-0.39, 0.29) is 23.2 Å². The first-order valence-electron chi connectivity index (χ1n) is 7.49. The predicted molar refractivity (Wildman–Crippen MR) is 91.6 cm³/mol. The third-order valence-corrected chi connectivity index (χ3v) is 4.59. The van der Waals surface area contributed by atoms with Crippen LogP contribution < -0.4 is 5.32 Å². The summed E-state index contributed by atoms with van der Waals surface area (Å²) in [5.74, 6) is -0.771. The number of sulfone groups is 1. The topological polar surface area (TPSA) is 102 Å². The summed E-state index contributed by atoms with van der Waals surface area (Å²) in [6, 6.07) is 11.5. The molecule has 3 aromatic rings. The highest BCUT2D eigenvalue weighted by Crippen LogP contribution is 2.20. The van der Waals surface area contributed by atoms with Gasteiger partial charge in [0, 0.05) is 11.8 Å². The fourth-order valence-electron chi connectivity index (χ4n) is 2.22. The maximum atomic E-state index is 13.2. The zero-order chi connectivity index (χ0) is 18.7. The smallest absolute Gasteiger partial charge is 0.322 e. The van der Waals surface area contributed by atoms with Gasteiger partial charge >= 0.3 is 6.01 Å². The molecule has 1 aromatic heterocycles. The Morgan fingerprint density at radius 3 is 2.54 bits per heavy atom. The fraction of sp³-hybridized carbons (Fsp3) is 0.118. The van der Waals surface area contributed by atoms with E-state index in [4.69, 9.17) is 4.42 Å². The number of carbonyl (C=O) groups excluding carboxylic acids is 1. The standard InChI is InChI=1S/C17H14FN3O4S/c1-26(23,24)14-7-5-11(6-8-14)9-15(22)19-17-21-20-16(25-17)12-3-2-4-13(18)10-12/h2-8,10H,9H2,1H3,(H,19,21,22). The normalized spacial score (nSPS) is 11.3. The Bertz CT molecular complexity index is 1050. The molecule has 0 atom stereocenters. The van der Waals surface area contributed by atoms with E-state index >= 15 is 0 Å². The molecule has 7 nitrogen and oxygen atoms in total. The van der Waals surface area contributed by atoms with Gasteiger partial charge in [0.25, 0.3) is 0 Å². The van der Waals surface area contributed by atoms with Crippen molar-refractivity contribution >= 4 is 21.8 Å². The third-order valence-electron chi connectivity index (χ3n) is 3.46. The summed E-state index contributed by atoms with van der Waals surface area (Å²) < 4.78 is 41.3. The van der Waals surface area contributed by atoms with Gasteiger partial charge in [-0.25, -0.2) is 12.8 Å². The molecule has 1 amide bonds. The maximum absolute atomic E-state index is 13.2. The van der Waals surface area contributed by atoms with Gasteiger partial charge in [-0.1, -0.05) is 23.3 Å². The molecule has 2 aromatic carbocycles. The van der Waals surface area contributed by atoms with Crippen LogP contribution in [0.2, 0.25) is 0 Å². The Morgan fingerprint density at radius 1 is 1.15 bits per heavy atom. The summed E-state index contributed by atoms with van der Waals surface area (Å²) in [6.07, 6.45) is 1.11. The molecule has 0 bridgehead atoms. The molecule has 9 heteroatoms. The van der Waals surface area contributed by atoms with Gasteiger partial charge in [0.2, 0.25) is 11.8 Å². The Labute approximate surface area is 148 Å². The number of benzene rings is 2. The van der Waals surface area contributed by atoms with E-state index in [1.165, 1.54) is 30.3 Å². The number of nitrogens with zero attached hydrogens (tertiary/aromatic N) is 2. The maximum Gasteiger partial charge on any atom is 0.322 e. The van der Waals surface area contributed by atoms with Crippen LogP contribution in [0.15, 0.2) is 57.8 Å². The number of amides is 1. The average molecular weight is 375 g/mol. The van der Waals surface area contributed by atoms with Crippen molar-refractivity contribution in [3.8, 4) is 11.5 Å². The molecule has 0 aliphatic rings. The minimum atomic E-state index is -3.28. The van der Waals surface area contributed by atoms with E-state index in [1.807, 2.05) is 0 Å². The summed E-state index contributed by atoms with van der Waals surface area (Å²) in [7, 11) is -3.28. The second kappa shape index (κ2) is 7.04. The fourth-order valence-corrected chi connectivity index (χ4v) is 2.85. The van der Waals surface area contributed by atoms with Gasteiger partial charge in [-0.15, -0.1) is 5.10 Å². The van der Waals surface area contributed by atoms with Crippen LogP contribution in [0, 0.1) is 5.82 Å². The van der Waals surface area contributed by atoms with E-state index in [0.717, 1.165) is 6.26 Å². The highest BCUT2D eigenvalue weighted by Gasteiger charge is 2.13. The number of anilines is 1. The Morgan fingerprint density at radius 2 is 1.88 bits per heavy atom. The van der Waals surface area contributed by atoms with E-state index in [9.17, 15) is 17.6 Å². The number of nitrogens with one attached hydrogen (secondary N) is 1. The van der Waals surface area contributed by atoms with Crippen LogP contribution in [-0.2, 0) is 21.1 Å². The Kier molecular flexibility index (Phi) is 4.81. The molecule has 0 aliphatic heterocycles. The minimum absolute atomic E-state index is 0.00171. The predicted octanol–water partition coefficient (Wildman–Crippen LogP) is 2.46. The summed E-state index contributed by atoms with van der Waals surface area (Å²) in [4.78, 5) is 12.2.